The van der Waals surface area contributed by atoms with Crippen molar-refractivity contribution in [3.05, 3.63) is 23.9 Å². The number of pyridine rings is 1. The Hall–Kier alpha value is -1.82. The fourth-order valence-electron chi connectivity index (χ4n) is 2.42. The van der Waals surface area contributed by atoms with Gasteiger partial charge in [0.2, 0.25) is 0 Å². The topological polar surface area (TPSA) is 95.0 Å². The number of piperidine rings is 1. The van der Waals surface area contributed by atoms with Gasteiger partial charge in [0.05, 0.1) is 6.10 Å². The normalized spacial score (nSPS) is 19.5. The number of nitrogens with zero attached hydrogens (tertiary/aromatic N) is 3. The van der Waals surface area contributed by atoms with Crippen LogP contribution in [0.15, 0.2) is 23.5 Å². The Morgan fingerprint density at radius 2 is 2.21 bits per heavy atom. The average Bonchev–Trinajstić information content (AvgIpc) is 2.46. The van der Waals surface area contributed by atoms with Crippen LogP contribution in [0, 0.1) is 5.92 Å². The number of amidine groups is 1. The molecule has 2 rings (SSSR count). The highest BCUT2D eigenvalue weighted by atomic mass is 16.4. The maximum Gasteiger partial charge on any atom is 0.170 e. The van der Waals surface area contributed by atoms with Gasteiger partial charge in [-0.1, -0.05) is 5.16 Å². The number of aliphatic hydroxyl groups is 1. The lowest BCUT2D eigenvalue weighted by Crippen LogP contribution is -2.37. The van der Waals surface area contributed by atoms with E-state index in [2.05, 4.69) is 15.0 Å². The molecule has 1 fully saturated rings. The molecule has 19 heavy (non-hydrogen) atoms. The first kappa shape index (κ1) is 13.6. The van der Waals surface area contributed by atoms with Crippen molar-refractivity contribution in [3.63, 3.8) is 0 Å². The minimum Gasteiger partial charge on any atom is -0.409 e. The van der Waals surface area contributed by atoms with Crippen molar-refractivity contribution in [3.8, 4) is 0 Å². The molecule has 1 aromatic heterocycles. The standard InChI is InChI=1S/C13H20N4O2/c1-9(18)10-3-6-17(7-4-10)12-8-11(2-5-15-12)13(14)16-19/h2,5,8-10,18-19H,3-4,6-7H2,1H3,(H2,14,16). The zero-order valence-electron chi connectivity index (χ0n) is 11.0. The molecule has 1 aliphatic rings. The number of nitrogens with two attached hydrogens (primary N) is 1. The molecule has 0 saturated carbocycles. The van der Waals surface area contributed by atoms with Crippen molar-refractivity contribution in [2.75, 3.05) is 18.0 Å². The predicted molar refractivity (Wildman–Crippen MR) is 73.4 cm³/mol. The van der Waals surface area contributed by atoms with Crippen LogP contribution in [0.5, 0.6) is 0 Å². The third-order valence-corrected chi connectivity index (χ3v) is 3.69. The molecule has 0 aliphatic carbocycles. The zero-order chi connectivity index (χ0) is 13.8. The Morgan fingerprint density at radius 3 is 2.79 bits per heavy atom. The third-order valence-electron chi connectivity index (χ3n) is 3.69. The van der Waals surface area contributed by atoms with Crippen LogP contribution in [0.3, 0.4) is 0 Å². The van der Waals surface area contributed by atoms with Crippen LogP contribution in [-0.2, 0) is 0 Å². The zero-order valence-corrected chi connectivity index (χ0v) is 11.0. The predicted octanol–water partition coefficient (Wildman–Crippen LogP) is 0.773. The number of rotatable bonds is 3. The molecular weight excluding hydrogens is 244 g/mol. The van der Waals surface area contributed by atoms with Crippen molar-refractivity contribution in [1.82, 2.24) is 4.98 Å². The van der Waals surface area contributed by atoms with E-state index in [9.17, 15) is 5.11 Å². The van der Waals surface area contributed by atoms with Crippen LogP contribution in [0.25, 0.3) is 0 Å². The molecule has 1 aliphatic heterocycles. The van der Waals surface area contributed by atoms with Crippen molar-refractivity contribution < 1.29 is 10.3 Å². The molecule has 1 aromatic rings. The van der Waals surface area contributed by atoms with Crippen LogP contribution in [0.2, 0.25) is 0 Å². The smallest absolute Gasteiger partial charge is 0.170 e. The summed E-state index contributed by atoms with van der Waals surface area (Å²) in [6, 6.07) is 3.53. The van der Waals surface area contributed by atoms with Gasteiger partial charge in [-0.3, -0.25) is 0 Å². The van der Waals surface area contributed by atoms with E-state index in [1.54, 1.807) is 12.3 Å². The SMILES string of the molecule is CC(O)C1CCN(c2cc(/C(N)=N/O)ccn2)CC1. The second-order valence-corrected chi connectivity index (χ2v) is 4.95. The van der Waals surface area contributed by atoms with Crippen molar-refractivity contribution in [1.29, 1.82) is 0 Å². The highest BCUT2D eigenvalue weighted by Crippen LogP contribution is 2.24. The van der Waals surface area contributed by atoms with Gasteiger partial charge in [-0.2, -0.15) is 0 Å². The van der Waals surface area contributed by atoms with E-state index >= 15 is 0 Å². The Kier molecular flexibility index (Phi) is 4.21. The molecule has 1 atom stereocenters. The maximum atomic E-state index is 9.59. The van der Waals surface area contributed by atoms with Gasteiger partial charge in [-0.15, -0.1) is 0 Å². The van der Waals surface area contributed by atoms with Crippen LogP contribution in [0.4, 0.5) is 5.82 Å². The average molecular weight is 264 g/mol. The highest BCUT2D eigenvalue weighted by molar-refractivity contribution is 5.97. The molecule has 1 unspecified atom stereocenters. The van der Waals surface area contributed by atoms with Crippen LogP contribution in [-0.4, -0.2) is 40.3 Å². The molecule has 104 valence electrons. The Bertz CT molecular complexity index is 454. The van der Waals surface area contributed by atoms with E-state index in [-0.39, 0.29) is 11.9 Å². The number of anilines is 1. The quantitative estimate of drug-likeness (QED) is 0.324. The lowest BCUT2D eigenvalue weighted by molar-refractivity contribution is 0.110. The second-order valence-electron chi connectivity index (χ2n) is 4.95. The van der Waals surface area contributed by atoms with E-state index in [1.807, 2.05) is 13.0 Å². The van der Waals surface area contributed by atoms with E-state index in [1.165, 1.54) is 0 Å². The molecule has 2 heterocycles. The molecule has 6 heteroatoms. The van der Waals surface area contributed by atoms with Gasteiger partial charge in [0.1, 0.15) is 5.82 Å². The van der Waals surface area contributed by atoms with E-state index in [4.69, 9.17) is 10.9 Å². The molecule has 4 N–H and O–H groups in total. The van der Waals surface area contributed by atoms with Gasteiger partial charge in [0.25, 0.3) is 0 Å². The highest BCUT2D eigenvalue weighted by Gasteiger charge is 2.23. The molecule has 0 amide bonds. The second kappa shape index (κ2) is 5.88. The monoisotopic (exact) mass is 264 g/mol. The lowest BCUT2D eigenvalue weighted by atomic mass is 9.92. The van der Waals surface area contributed by atoms with Gasteiger partial charge in [-0.25, -0.2) is 4.98 Å². The molecule has 6 nitrogen and oxygen atoms in total. The summed E-state index contributed by atoms with van der Waals surface area (Å²) in [6.45, 7) is 3.57. The summed E-state index contributed by atoms with van der Waals surface area (Å²) in [4.78, 5) is 6.48. The summed E-state index contributed by atoms with van der Waals surface area (Å²) in [5.41, 5.74) is 6.23. The fraction of sp³-hybridized carbons (Fsp3) is 0.538. The molecule has 1 saturated heterocycles. The Morgan fingerprint density at radius 1 is 1.53 bits per heavy atom. The number of aliphatic hydroxyl groups excluding tert-OH is 1. The number of hydrogen-bond acceptors (Lipinski definition) is 5. The van der Waals surface area contributed by atoms with Crippen LogP contribution < -0.4 is 10.6 Å². The molecule has 0 radical (unpaired) electrons. The summed E-state index contributed by atoms with van der Waals surface area (Å²) in [5.74, 6) is 1.28. The van der Waals surface area contributed by atoms with E-state index < -0.39 is 0 Å². The van der Waals surface area contributed by atoms with Crippen LogP contribution >= 0.6 is 0 Å². The van der Waals surface area contributed by atoms with Crippen molar-refractivity contribution in [2.45, 2.75) is 25.9 Å². The molecule has 0 spiro atoms. The van der Waals surface area contributed by atoms with Gasteiger partial charge in [-0.05, 0) is 37.8 Å². The van der Waals surface area contributed by atoms with Crippen molar-refractivity contribution >= 4 is 11.7 Å². The fourth-order valence-corrected chi connectivity index (χ4v) is 2.42. The minimum atomic E-state index is -0.251. The van der Waals surface area contributed by atoms with Crippen LogP contribution in [0.1, 0.15) is 25.3 Å². The first-order chi connectivity index (χ1) is 9.11. The molecular formula is C13H20N4O2. The lowest BCUT2D eigenvalue weighted by Gasteiger charge is -2.34. The van der Waals surface area contributed by atoms with Gasteiger partial charge in [0.15, 0.2) is 5.84 Å². The molecule has 0 aromatic carbocycles. The molecule has 0 bridgehead atoms. The summed E-state index contributed by atoms with van der Waals surface area (Å²) in [5, 5.41) is 21.3. The third kappa shape index (κ3) is 3.14. The van der Waals surface area contributed by atoms with Crippen molar-refractivity contribution in [2.24, 2.45) is 16.8 Å². The largest absolute Gasteiger partial charge is 0.409 e. The number of hydrogen-bond donors (Lipinski definition) is 3. The van der Waals surface area contributed by atoms with E-state index in [0.717, 1.165) is 31.7 Å². The summed E-state index contributed by atoms with van der Waals surface area (Å²) in [6.07, 6.45) is 3.31. The summed E-state index contributed by atoms with van der Waals surface area (Å²) in [7, 11) is 0. The first-order valence-corrected chi connectivity index (χ1v) is 6.48. The van der Waals surface area contributed by atoms with Gasteiger partial charge in [0, 0.05) is 24.8 Å². The minimum absolute atomic E-state index is 0.0857. The summed E-state index contributed by atoms with van der Waals surface area (Å²) < 4.78 is 0. The Balaban J connectivity index is 2.07. The summed E-state index contributed by atoms with van der Waals surface area (Å²) >= 11 is 0. The maximum absolute atomic E-state index is 9.59. The van der Waals surface area contributed by atoms with Gasteiger partial charge >= 0.3 is 0 Å². The number of oxime groups is 1. The van der Waals surface area contributed by atoms with Gasteiger partial charge < -0.3 is 20.9 Å². The Labute approximate surface area is 112 Å². The first-order valence-electron chi connectivity index (χ1n) is 6.48. The number of aromatic nitrogens is 1. The van der Waals surface area contributed by atoms with E-state index in [0.29, 0.717) is 11.5 Å².